The third-order valence-corrected chi connectivity index (χ3v) is 2.99. The summed E-state index contributed by atoms with van der Waals surface area (Å²) in [7, 11) is 0. The highest BCUT2D eigenvalue weighted by atomic mass is 16.5. The Hall–Kier alpha value is -0.940. The van der Waals surface area contributed by atoms with Gasteiger partial charge in [-0.15, -0.1) is 0 Å². The number of likely N-dealkylation sites (tertiary alicyclic amines) is 1. The van der Waals surface area contributed by atoms with Gasteiger partial charge in [-0.2, -0.15) is 4.98 Å². The number of nitrogens with zero attached hydrogens (tertiary/aromatic N) is 3. The van der Waals surface area contributed by atoms with Crippen molar-refractivity contribution in [2.24, 2.45) is 5.73 Å². The molecule has 0 saturated carbocycles. The lowest BCUT2D eigenvalue weighted by Crippen LogP contribution is -2.39. The van der Waals surface area contributed by atoms with Crippen molar-refractivity contribution in [3.05, 3.63) is 11.7 Å². The van der Waals surface area contributed by atoms with Crippen molar-refractivity contribution in [2.75, 3.05) is 13.1 Å². The summed E-state index contributed by atoms with van der Waals surface area (Å²) >= 11 is 0. The van der Waals surface area contributed by atoms with Crippen LogP contribution in [0.5, 0.6) is 0 Å². The zero-order valence-corrected chi connectivity index (χ0v) is 10.0. The Kier molecular flexibility index (Phi) is 3.56. The van der Waals surface area contributed by atoms with E-state index in [2.05, 4.69) is 28.9 Å². The Morgan fingerprint density at radius 1 is 1.44 bits per heavy atom. The van der Waals surface area contributed by atoms with Gasteiger partial charge in [0.1, 0.15) is 0 Å². The molecule has 1 aromatic rings. The van der Waals surface area contributed by atoms with Crippen molar-refractivity contribution < 1.29 is 4.52 Å². The Balaban J connectivity index is 1.88. The molecule has 1 saturated heterocycles. The van der Waals surface area contributed by atoms with E-state index in [4.69, 9.17) is 10.3 Å². The first-order valence-electron chi connectivity index (χ1n) is 5.95. The van der Waals surface area contributed by atoms with Crippen LogP contribution in [0.1, 0.15) is 44.3 Å². The molecule has 1 aliphatic rings. The topological polar surface area (TPSA) is 68.2 Å². The predicted molar refractivity (Wildman–Crippen MR) is 60.9 cm³/mol. The van der Waals surface area contributed by atoms with Crippen LogP contribution in [0.3, 0.4) is 0 Å². The molecule has 0 unspecified atom stereocenters. The van der Waals surface area contributed by atoms with Gasteiger partial charge in [0.15, 0.2) is 5.82 Å². The summed E-state index contributed by atoms with van der Waals surface area (Å²) in [5, 5.41) is 3.96. The van der Waals surface area contributed by atoms with Gasteiger partial charge in [0, 0.05) is 25.0 Å². The summed E-state index contributed by atoms with van der Waals surface area (Å²) < 4.78 is 5.22. The SMILES string of the molecule is CC(C)c1noc(CN2CCC(N)CC2)n1. The summed E-state index contributed by atoms with van der Waals surface area (Å²) in [5.74, 6) is 1.84. The molecule has 0 atom stereocenters. The van der Waals surface area contributed by atoms with Crippen LogP contribution < -0.4 is 5.73 Å². The van der Waals surface area contributed by atoms with E-state index in [9.17, 15) is 0 Å². The number of piperidine rings is 1. The zero-order chi connectivity index (χ0) is 11.5. The highest BCUT2D eigenvalue weighted by molar-refractivity contribution is 4.92. The third kappa shape index (κ3) is 2.80. The number of hydrogen-bond acceptors (Lipinski definition) is 5. The summed E-state index contributed by atoms with van der Waals surface area (Å²) in [6.07, 6.45) is 2.12. The molecule has 1 aromatic heterocycles. The first-order valence-corrected chi connectivity index (χ1v) is 5.95. The standard InChI is InChI=1S/C11H20N4O/c1-8(2)11-13-10(16-14-11)7-15-5-3-9(12)4-6-15/h8-9H,3-7,12H2,1-2H3. The number of hydrogen-bond donors (Lipinski definition) is 1. The summed E-state index contributed by atoms with van der Waals surface area (Å²) in [6.45, 7) is 6.94. The first kappa shape index (κ1) is 11.5. The molecule has 1 fully saturated rings. The monoisotopic (exact) mass is 224 g/mol. The van der Waals surface area contributed by atoms with Crippen molar-refractivity contribution in [2.45, 2.75) is 45.2 Å². The van der Waals surface area contributed by atoms with E-state index in [0.29, 0.717) is 12.0 Å². The molecule has 5 nitrogen and oxygen atoms in total. The molecule has 90 valence electrons. The molecule has 2 rings (SSSR count). The van der Waals surface area contributed by atoms with Gasteiger partial charge in [-0.05, 0) is 12.8 Å². The van der Waals surface area contributed by atoms with E-state index < -0.39 is 0 Å². The normalized spacial score (nSPS) is 19.5. The van der Waals surface area contributed by atoms with E-state index >= 15 is 0 Å². The van der Waals surface area contributed by atoms with Crippen molar-refractivity contribution in [3.63, 3.8) is 0 Å². The Bertz CT molecular complexity index is 328. The Morgan fingerprint density at radius 2 is 2.12 bits per heavy atom. The lowest BCUT2D eigenvalue weighted by atomic mass is 10.1. The maximum Gasteiger partial charge on any atom is 0.240 e. The van der Waals surface area contributed by atoms with Gasteiger partial charge in [-0.3, -0.25) is 4.90 Å². The fourth-order valence-electron chi connectivity index (χ4n) is 1.87. The van der Waals surface area contributed by atoms with Gasteiger partial charge in [0.25, 0.3) is 0 Å². The van der Waals surface area contributed by atoms with Crippen LogP contribution in [0.4, 0.5) is 0 Å². The van der Waals surface area contributed by atoms with E-state index in [1.54, 1.807) is 0 Å². The third-order valence-electron chi connectivity index (χ3n) is 2.99. The summed E-state index contributed by atoms with van der Waals surface area (Å²) in [4.78, 5) is 6.69. The average molecular weight is 224 g/mol. The van der Waals surface area contributed by atoms with Crippen LogP contribution >= 0.6 is 0 Å². The van der Waals surface area contributed by atoms with E-state index in [0.717, 1.165) is 44.2 Å². The highest BCUT2D eigenvalue weighted by Crippen LogP contribution is 2.14. The van der Waals surface area contributed by atoms with Crippen molar-refractivity contribution in [1.82, 2.24) is 15.0 Å². The quantitative estimate of drug-likeness (QED) is 0.833. The molecule has 2 N–H and O–H groups in total. The lowest BCUT2D eigenvalue weighted by molar-refractivity contribution is 0.181. The van der Waals surface area contributed by atoms with Gasteiger partial charge in [0.05, 0.1) is 6.54 Å². The van der Waals surface area contributed by atoms with E-state index in [1.807, 2.05) is 0 Å². The minimum absolute atomic E-state index is 0.326. The van der Waals surface area contributed by atoms with Gasteiger partial charge < -0.3 is 10.3 Å². The number of rotatable bonds is 3. The number of nitrogens with two attached hydrogens (primary N) is 1. The molecular formula is C11H20N4O. The molecule has 16 heavy (non-hydrogen) atoms. The second-order valence-corrected chi connectivity index (χ2v) is 4.81. The van der Waals surface area contributed by atoms with E-state index in [-0.39, 0.29) is 0 Å². The molecule has 1 aliphatic heterocycles. The van der Waals surface area contributed by atoms with Crippen molar-refractivity contribution in [3.8, 4) is 0 Å². The van der Waals surface area contributed by atoms with Crippen LogP contribution in [-0.2, 0) is 6.54 Å². The predicted octanol–water partition coefficient (Wildman–Crippen LogP) is 1.12. The molecule has 2 heterocycles. The van der Waals surface area contributed by atoms with Crippen LogP contribution in [0.15, 0.2) is 4.52 Å². The Morgan fingerprint density at radius 3 is 2.69 bits per heavy atom. The Labute approximate surface area is 96.0 Å². The van der Waals surface area contributed by atoms with Gasteiger partial charge in [0.2, 0.25) is 5.89 Å². The second kappa shape index (κ2) is 4.93. The van der Waals surface area contributed by atoms with Crippen LogP contribution in [0.2, 0.25) is 0 Å². The van der Waals surface area contributed by atoms with Crippen LogP contribution in [-0.4, -0.2) is 34.2 Å². The second-order valence-electron chi connectivity index (χ2n) is 4.81. The molecule has 0 aliphatic carbocycles. The highest BCUT2D eigenvalue weighted by Gasteiger charge is 2.18. The first-order chi connectivity index (χ1) is 7.65. The maximum atomic E-state index is 5.86. The molecule has 0 aromatic carbocycles. The fourth-order valence-corrected chi connectivity index (χ4v) is 1.87. The number of aromatic nitrogens is 2. The smallest absolute Gasteiger partial charge is 0.240 e. The molecule has 0 amide bonds. The van der Waals surface area contributed by atoms with Gasteiger partial charge in [-0.25, -0.2) is 0 Å². The fraction of sp³-hybridized carbons (Fsp3) is 0.818. The summed E-state index contributed by atoms with van der Waals surface area (Å²) in [6, 6.07) is 0.366. The van der Waals surface area contributed by atoms with Crippen molar-refractivity contribution >= 4 is 0 Å². The van der Waals surface area contributed by atoms with E-state index in [1.165, 1.54) is 0 Å². The zero-order valence-electron chi connectivity index (χ0n) is 10.0. The van der Waals surface area contributed by atoms with Crippen LogP contribution in [0.25, 0.3) is 0 Å². The molecular weight excluding hydrogens is 204 g/mol. The molecule has 0 spiro atoms. The lowest BCUT2D eigenvalue weighted by Gasteiger charge is -2.28. The van der Waals surface area contributed by atoms with Gasteiger partial charge >= 0.3 is 0 Å². The minimum atomic E-state index is 0.326. The largest absolute Gasteiger partial charge is 0.338 e. The minimum Gasteiger partial charge on any atom is -0.338 e. The summed E-state index contributed by atoms with van der Waals surface area (Å²) in [5.41, 5.74) is 5.86. The van der Waals surface area contributed by atoms with Gasteiger partial charge in [-0.1, -0.05) is 19.0 Å². The molecule has 5 heteroatoms. The molecule has 0 bridgehead atoms. The molecule has 0 radical (unpaired) electrons. The van der Waals surface area contributed by atoms with Crippen LogP contribution in [0, 0.1) is 0 Å². The van der Waals surface area contributed by atoms with Crippen molar-refractivity contribution in [1.29, 1.82) is 0 Å². The maximum absolute atomic E-state index is 5.86. The average Bonchev–Trinajstić information content (AvgIpc) is 2.70.